The molecular formula is C18H16N2O2S. The van der Waals surface area contributed by atoms with Gasteiger partial charge in [0.25, 0.3) is 0 Å². The highest BCUT2D eigenvalue weighted by atomic mass is 32.1. The van der Waals surface area contributed by atoms with E-state index in [4.69, 9.17) is 17.0 Å². The molecule has 2 aliphatic heterocycles. The molecule has 2 aliphatic rings. The van der Waals surface area contributed by atoms with Crippen LogP contribution in [-0.4, -0.2) is 17.1 Å². The summed E-state index contributed by atoms with van der Waals surface area (Å²) in [6, 6.07) is 17.5. The largest absolute Gasteiger partial charge is 0.469 e. The molecule has 2 aromatic rings. The van der Waals surface area contributed by atoms with Gasteiger partial charge < -0.3 is 10.1 Å². The van der Waals surface area contributed by atoms with Crippen molar-refractivity contribution < 1.29 is 9.53 Å². The first-order valence-corrected chi connectivity index (χ1v) is 7.98. The Morgan fingerprint density at radius 1 is 1.13 bits per heavy atom. The molecule has 1 saturated heterocycles. The second kappa shape index (κ2) is 5.35. The van der Waals surface area contributed by atoms with Crippen LogP contribution in [0, 0.1) is 5.92 Å². The number of benzene rings is 2. The van der Waals surface area contributed by atoms with E-state index >= 15 is 0 Å². The number of para-hydroxylation sites is 2. The number of anilines is 1. The molecule has 0 spiro atoms. The highest BCUT2D eigenvalue weighted by Crippen LogP contribution is 2.43. The van der Waals surface area contributed by atoms with Crippen LogP contribution in [0.25, 0.3) is 0 Å². The average Bonchev–Trinajstić information content (AvgIpc) is 2.55. The summed E-state index contributed by atoms with van der Waals surface area (Å²) in [4.78, 5) is 14.2. The van der Waals surface area contributed by atoms with Crippen LogP contribution in [0.15, 0.2) is 54.6 Å². The van der Waals surface area contributed by atoms with Crippen LogP contribution in [-0.2, 0) is 4.79 Å². The zero-order valence-corrected chi connectivity index (χ0v) is 13.4. The molecule has 0 aliphatic carbocycles. The number of rotatable bonds is 2. The van der Waals surface area contributed by atoms with Gasteiger partial charge in [-0.15, -0.1) is 0 Å². The van der Waals surface area contributed by atoms with E-state index in [9.17, 15) is 4.79 Å². The number of nitrogens with zero attached hydrogens (tertiary/aromatic N) is 1. The fourth-order valence-electron chi connectivity index (χ4n) is 3.39. The molecule has 2 bridgehead atoms. The number of nitrogens with one attached hydrogen (secondary N) is 1. The summed E-state index contributed by atoms with van der Waals surface area (Å²) >= 11 is 5.56. The Hall–Kier alpha value is -2.40. The van der Waals surface area contributed by atoms with E-state index in [1.54, 1.807) is 6.92 Å². The molecule has 4 rings (SSSR count). The van der Waals surface area contributed by atoms with Gasteiger partial charge in [0.15, 0.2) is 11.3 Å². The van der Waals surface area contributed by atoms with Gasteiger partial charge in [-0.1, -0.05) is 36.4 Å². The number of hydrogen-bond acceptors (Lipinski definition) is 3. The van der Waals surface area contributed by atoms with Gasteiger partial charge in [0, 0.05) is 11.3 Å². The number of ketones is 1. The predicted molar refractivity (Wildman–Crippen MR) is 92.4 cm³/mol. The Balaban J connectivity index is 1.85. The molecule has 4 nitrogen and oxygen atoms in total. The number of ether oxygens (including phenoxy) is 1. The van der Waals surface area contributed by atoms with Crippen molar-refractivity contribution in [1.82, 2.24) is 5.32 Å². The summed E-state index contributed by atoms with van der Waals surface area (Å²) in [5.74, 6) is 0.582. The Bertz CT molecular complexity index is 778. The summed E-state index contributed by atoms with van der Waals surface area (Å²) in [6.07, 6.45) is -0.427. The first-order valence-electron chi connectivity index (χ1n) is 7.57. The van der Waals surface area contributed by atoms with E-state index in [2.05, 4.69) is 5.32 Å². The maximum atomic E-state index is 12.3. The lowest BCUT2D eigenvalue weighted by molar-refractivity contribution is -0.125. The quantitative estimate of drug-likeness (QED) is 0.860. The Morgan fingerprint density at radius 3 is 2.57 bits per heavy atom. The maximum Gasteiger partial charge on any atom is 0.190 e. The first-order chi connectivity index (χ1) is 11.2. The van der Waals surface area contributed by atoms with Gasteiger partial charge in [-0.25, -0.2) is 0 Å². The van der Waals surface area contributed by atoms with E-state index in [0.29, 0.717) is 5.11 Å². The van der Waals surface area contributed by atoms with Crippen LogP contribution in [0.3, 0.4) is 0 Å². The van der Waals surface area contributed by atoms with Crippen LogP contribution >= 0.6 is 12.2 Å². The van der Waals surface area contributed by atoms with Crippen LogP contribution in [0.2, 0.25) is 0 Å². The predicted octanol–water partition coefficient (Wildman–Crippen LogP) is 3.05. The molecule has 0 saturated carbocycles. The van der Waals surface area contributed by atoms with Crippen molar-refractivity contribution in [2.45, 2.75) is 19.2 Å². The molecule has 2 heterocycles. The lowest BCUT2D eigenvalue weighted by atomic mass is 9.83. The summed E-state index contributed by atoms with van der Waals surface area (Å²) in [5, 5.41) is 3.92. The van der Waals surface area contributed by atoms with Crippen molar-refractivity contribution in [3.8, 4) is 5.75 Å². The number of Topliss-reactive ketones (excluding diaryl/α,β-unsaturated/α-hetero) is 1. The number of hydrogen-bond donors (Lipinski definition) is 1. The van der Waals surface area contributed by atoms with E-state index < -0.39 is 6.23 Å². The molecule has 3 atom stereocenters. The maximum absolute atomic E-state index is 12.3. The number of carbonyl (C=O) groups excluding carboxylic acids is 1. The van der Waals surface area contributed by atoms with Crippen molar-refractivity contribution >= 4 is 28.8 Å². The summed E-state index contributed by atoms with van der Waals surface area (Å²) in [6.45, 7) is 1.61. The third-order valence-electron chi connectivity index (χ3n) is 4.42. The molecule has 116 valence electrons. The SMILES string of the molecule is CC(=O)C1C2NC(=S)N(c3ccccc3)C1Oc1ccccc12. The summed E-state index contributed by atoms with van der Waals surface area (Å²) in [5.41, 5.74) is 1.90. The minimum atomic E-state index is -0.427. The average molecular weight is 324 g/mol. The van der Waals surface area contributed by atoms with Gasteiger partial charge >= 0.3 is 0 Å². The number of carbonyl (C=O) groups is 1. The van der Waals surface area contributed by atoms with Gasteiger partial charge in [-0.2, -0.15) is 0 Å². The topological polar surface area (TPSA) is 41.6 Å². The van der Waals surface area contributed by atoms with Crippen molar-refractivity contribution in [3.05, 3.63) is 60.2 Å². The van der Waals surface area contributed by atoms with Crippen LogP contribution < -0.4 is 15.0 Å². The molecule has 5 heteroatoms. The third-order valence-corrected chi connectivity index (χ3v) is 4.74. The standard InChI is InChI=1S/C18H16N2O2S/c1-11(21)15-16-13-9-5-6-10-14(13)22-17(15)20(18(23)19-16)12-7-3-2-4-8-12/h2-10,15-17H,1H3,(H,19,23). The van der Waals surface area contributed by atoms with E-state index in [0.717, 1.165) is 17.0 Å². The molecule has 1 N–H and O–H groups in total. The van der Waals surface area contributed by atoms with Crippen LogP contribution in [0.4, 0.5) is 5.69 Å². The number of thiocarbonyl (C=S) groups is 1. The zero-order chi connectivity index (χ0) is 16.0. The Labute approximate surface area is 140 Å². The summed E-state index contributed by atoms with van der Waals surface area (Å²) < 4.78 is 6.19. The Morgan fingerprint density at radius 2 is 1.83 bits per heavy atom. The molecule has 0 aromatic heterocycles. The van der Waals surface area contributed by atoms with Gasteiger partial charge in [-0.3, -0.25) is 9.69 Å². The van der Waals surface area contributed by atoms with E-state index in [-0.39, 0.29) is 17.7 Å². The summed E-state index contributed by atoms with van der Waals surface area (Å²) in [7, 11) is 0. The van der Waals surface area contributed by atoms with Gasteiger partial charge in [0.05, 0.1) is 12.0 Å². The third kappa shape index (κ3) is 2.19. The zero-order valence-electron chi connectivity index (χ0n) is 12.6. The molecule has 1 fully saturated rings. The van der Waals surface area contributed by atoms with E-state index in [1.165, 1.54) is 0 Å². The normalized spacial score (nSPS) is 25.2. The second-order valence-electron chi connectivity index (χ2n) is 5.82. The van der Waals surface area contributed by atoms with Crippen molar-refractivity contribution in [2.75, 3.05) is 4.90 Å². The monoisotopic (exact) mass is 324 g/mol. The van der Waals surface area contributed by atoms with Crippen LogP contribution in [0.5, 0.6) is 5.75 Å². The molecule has 3 unspecified atom stereocenters. The molecule has 23 heavy (non-hydrogen) atoms. The fraction of sp³-hybridized carbons (Fsp3) is 0.222. The highest BCUT2D eigenvalue weighted by molar-refractivity contribution is 7.80. The lowest BCUT2D eigenvalue weighted by Crippen LogP contribution is -2.64. The highest BCUT2D eigenvalue weighted by Gasteiger charge is 2.49. The molecule has 2 aromatic carbocycles. The number of fused-ring (bicyclic) bond motifs is 4. The Kier molecular flexibility index (Phi) is 3.31. The molecular weight excluding hydrogens is 308 g/mol. The minimum Gasteiger partial charge on any atom is -0.469 e. The fourth-order valence-corrected chi connectivity index (χ4v) is 3.73. The first kappa shape index (κ1) is 14.2. The van der Waals surface area contributed by atoms with Crippen molar-refractivity contribution in [2.24, 2.45) is 5.92 Å². The van der Waals surface area contributed by atoms with Gasteiger partial charge in [-0.05, 0) is 37.3 Å². The van der Waals surface area contributed by atoms with Gasteiger partial charge in [0.1, 0.15) is 11.5 Å². The lowest BCUT2D eigenvalue weighted by Gasteiger charge is -2.49. The van der Waals surface area contributed by atoms with E-state index in [1.807, 2.05) is 59.5 Å². The minimum absolute atomic E-state index is 0.0884. The molecule has 0 radical (unpaired) electrons. The smallest absolute Gasteiger partial charge is 0.190 e. The van der Waals surface area contributed by atoms with Crippen LogP contribution in [0.1, 0.15) is 18.5 Å². The van der Waals surface area contributed by atoms with Crippen molar-refractivity contribution in [1.29, 1.82) is 0 Å². The second-order valence-corrected chi connectivity index (χ2v) is 6.20. The molecule has 0 amide bonds. The van der Waals surface area contributed by atoms with Crippen molar-refractivity contribution in [3.63, 3.8) is 0 Å². The van der Waals surface area contributed by atoms with Gasteiger partial charge in [0.2, 0.25) is 0 Å².